The summed E-state index contributed by atoms with van der Waals surface area (Å²) >= 11 is 1.60. The average Bonchev–Trinajstić information content (AvgIpc) is 2.29. The van der Waals surface area contributed by atoms with Gasteiger partial charge in [0.2, 0.25) is 0 Å². The third kappa shape index (κ3) is 3.68. The smallest absolute Gasteiger partial charge is 0.133 e. The molecule has 0 amide bonds. The normalized spacial score (nSPS) is 10.3. The summed E-state index contributed by atoms with van der Waals surface area (Å²) in [6, 6.07) is 1.95. The van der Waals surface area contributed by atoms with Gasteiger partial charge in [-0.15, -0.1) is 11.8 Å². The van der Waals surface area contributed by atoms with Crippen molar-refractivity contribution in [3.63, 3.8) is 0 Å². The number of thioether (sulfide) groups is 1. The van der Waals surface area contributed by atoms with Crippen LogP contribution in [0, 0.1) is 0 Å². The lowest BCUT2D eigenvalue weighted by Crippen LogP contribution is -2.28. The van der Waals surface area contributed by atoms with Gasteiger partial charge in [0.15, 0.2) is 0 Å². The fraction of sp³-hybridized carbons (Fsp3) is 0.600. The quantitative estimate of drug-likeness (QED) is 0.588. The molecule has 1 rings (SSSR count). The highest BCUT2D eigenvalue weighted by Gasteiger charge is 2.06. The molecule has 0 radical (unpaired) electrons. The van der Waals surface area contributed by atoms with Gasteiger partial charge in [-0.1, -0.05) is 6.92 Å². The van der Waals surface area contributed by atoms with Crippen molar-refractivity contribution in [3.05, 3.63) is 12.4 Å². The van der Waals surface area contributed by atoms with Crippen LogP contribution in [0.15, 0.2) is 17.4 Å². The first kappa shape index (κ1) is 12.3. The fourth-order valence-corrected chi connectivity index (χ4v) is 1.72. The Balaban J connectivity index is 2.79. The number of hydrogen-bond donors (Lipinski definition) is 1. The zero-order valence-corrected chi connectivity index (χ0v) is 10.00. The zero-order chi connectivity index (χ0) is 11.1. The molecule has 0 saturated carbocycles. The molecule has 0 aliphatic rings. The van der Waals surface area contributed by atoms with Crippen molar-refractivity contribution in [2.24, 2.45) is 0 Å². The van der Waals surface area contributed by atoms with Crippen LogP contribution in [0.4, 0.5) is 5.82 Å². The number of nitrogens with zero attached hydrogens (tertiary/aromatic N) is 3. The molecule has 0 aliphatic heterocycles. The van der Waals surface area contributed by atoms with Crippen molar-refractivity contribution in [2.75, 3.05) is 30.9 Å². The second kappa shape index (κ2) is 6.63. The first-order valence-electron chi connectivity index (χ1n) is 5.03. The van der Waals surface area contributed by atoms with Crippen molar-refractivity contribution in [1.82, 2.24) is 9.97 Å². The highest BCUT2D eigenvalue weighted by atomic mass is 32.2. The largest absolute Gasteiger partial charge is 0.395 e. The van der Waals surface area contributed by atoms with E-state index in [4.69, 9.17) is 5.11 Å². The minimum absolute atomic E-state index is 0.151. The molecular formula is C10H17N3OS. The molecule has 4 nitrogen and oxygen atoms in total. The highest BCUT2D eigenvalue weighted by Crippen LogP contribution is 2.17. The Morgan fingerprint density at radius 1 is 1.40 bits per heavy atom. The van der Waals surface area contributed by atoms with E-state index in [9.17, 15) is 0 Å². The topological polar surface area (TPSA) is 49.2 Å². The zero-order valence-electron chi connectivity index (χ0n) is 9.18. The van der Waals surface area contributed by atoms with Gasteiger partial charge in [0.25, 0.3) is 0 Å². The second-order valence-corrected chi connectivity index (χ2v) is 3.96. The molecule has 1 heterocycles. The van der Waals surface area contributed by atoms with Crippen LogP contribution in [0.2, 0.25) is 0 Å². The van der Waals surface area contributed by atoms with Crippen LogP contribution in [0.25, 0.3) is 0 Å². The van der Waals surface area contributed by atoms with Crippen LogP contribution >= 0.6 is 11.8 Å². The number of aromatic nitrogens is 2. The Morgan fingerprint density at radius 3 is 2.80 bits per heavy atom. The van der Waals surface area contributed by atoms with Crippen LogP contribution in [0.5, 0.6) is 0 Å². The molecule has 0 aliphatic carbocycles. The van der Waals surface area contributed by atoms with E-state index in [2.05, 4.69) is 21.8 Å². The van der Waals surface area contributed by atoms with Gasteiger partial charge in [0.05, 0.1) is 6.61 Å². The maximum atomic E-state index is 8.96. The van der Waals surface area contributed by atoms with E-state index in [-0.39, 0.29) is 6.61 Å². The Morgan fingerprint density at radius 2 is 2.20 bits per heavy atom. The number of hydrogen-bond acceptors (Lipinski definition) is 5. The SMILES string of the molecule is CCCN(CCO)c1cc(SC)ncn1. The predicted octanol–water partition coefficient (Wildman–Crippen LogP) is 1.41. The molecule has 1 aromatic rings. The Kier molecular flexibility index (Phi) is 5.42. The summed E-state index contributed by atoms with van der Waals surface area (Å²) < 4.78 is 0. The Hall–Kier alpha value is -0.810. The molecule has 5 heteroatoms. The van der Waals surface area contributed by atoms with E-state index in [1.54, 1.807) is 18.1 Å². The number of rotatable bonds is 6. The predicted molar refractivity (Wildman–Crippen MR) is 63.4 cm³/mol. The molecule has 1 aromatic heterocycles. The van der Waals surface area contributed by atoms with Gasteiger partial charge >= 0.3 is 0 Å². The molecule has 0 saturated heterocycles. The van der Waals surface area contributed by atoms with Crippen LogP contribution in [0.3, 0.4) is 0 Å². The summed E-state index contributed by atoms with van der Waals surface area (Å²) in [7, 11) is 0. The Labute approximate surface area is 94.7 Å². The van der Waals surface area contributed by atoms with E-state index < -0.39 is 0 Å². The molecule has 0 unspecified atom stereocenters. The van der Waals surface area contributed by atoms with Crippen molar-refractivity contribution in [3.8, 4) is 0 Å². The molecule has 15 heavy (non-hydrogen) atoms. The first-order valence-corrected chi connectivity index (χ1v) is 6.26. The summed E-state index contributed by atoms with van der Waals surface area (Å²) in [4.78, 5) is 10.4. The first-order chi connectivity index (χ1) is 7.31. The van der Waals surface area contributed by atoms with Gasteiger partial charge in [-0.05, 0) is 12.7 Å². The van der Waals surface area contributed by atoms with Crippen molar-refractivity contribution >= 4 is 17.6 Å². The molecule has 0 aromatic carbocycles. The van der Waals surface area contributed by atoms with E-state index in [1.165, 1.54) is 0 Å². The van der Waals surface area contributed by atoms with E-state index in [1.807, 2.05) is 12.3 Å². The standard InChI is InChI=1S/C10H17N3OS/c1-3-4-13(5-6-14)9-7-10(15-2)12-8-11-9/h7-8,14H,3-6H2,1-2H3. The van der Waals surface area contributed by atoms with Crippen LogP contribution < -0.4 is 4.90 Å². The lowest BCUT2D eigenvalue weighted by Gasteiger charge is -2.21. The number of anilines is 1. The van der Waals surface area contributed by atoms with E-state index in [0.29, 0.717) is 6.54 Å². The van der Waals surface area contributed by atoms with Crippen molar-refractivity contribution < 1.29 is 5.11 Å². The molecule has 0 fully saturated rings. The van der Waals surface area contributed by atoms with Crippen molar-refractivity contribution in [2.45, 2.75) is 18.4 Å². The van der Waals surface area contributed by atoms with Crippen LogP contribution in [0.1, 0.15) is 13.3 Å². The van der Waals surface area contributed by atoms with E-state index >= 15 is 0 Å². The molecule has 0 spiro atoms. The third-order valence-electron chi connectivity index (χ3n) is 2.02. The van der Waals surface area contributed by atoms with Gasteiger partial charge in [-0.25, -0.2) is 9.97 Å². The number of aliphatic hydroxyl groups is 1. The summed E-state index contributed by atoms with van der Waals surface area (Å²) in [5.74, 6) is 0.894. The molecule has 84 valence electrons. The van der Waals surface area contributed by atoms with Gasteiger partial charge < -0.3 is 10.0 Å². The van der Waals surface area contributed by atoms with Gasteiger partial charge in [-0.3, -0.25) is 0 Å². The van der Waals surface area contributed by atoms with Crippen molar-refractivity contribution in [1.29, 1.82) is 0 Å². The summed E-state index contributed by atoms with van der Waals surface area (Å²) in [5.41, 5.74) is 0. The third-order valence-corrected chi connectivity index (χ3v) is 2.67. The maximum absolute atomic E-state index is 8.96. The van der Waals surface area contributed by atoms with Crippen LogP contribution in [-0.2, 0) is 0 Å². The Bertz CT molecular complexity index is 290. The molecule has 1 N–H and O–H groups in total. The number of aliphatic hydroxyl groups excluding tert-OH is 1. The maximum Gasteiger partial charge on any atom is 0.133 e. The summed E-state index contributed by atoms with van der Waals surface area (Å²) in [6.45, 7) is 3.80. The average molecular weight is 227 g/mol. The minimum atomic E-state index is 0.151. The fourth-order valence-electron chi connectivity index (χ4n) is 1.35. The monoisotopic (exact) mass is 227 g/mol. The van der Waals surface area contributed by atoms with Gasteiger partial charge in [0.1, 0.15) is 17.2 Å². The summed E-state index contributed by atoms with van der Waals surface area (Å²) in [6.07, 6.45) is 4.60. The highest BCUT2D eigenvalue weighted by molar-refractivity contribution is 7.98. The molecule has 0 atom stereocenters. The molecular weight excluding hydrogens is 210 g/mol. The van der Waals surface area contributed by atoms with Gasteiger partial charge in [0, 0.05) is 19.2 Å². The van der Waals surface area contributed by atoms with Gasteiger partial charge in [-0.2, -0.15) is 0 Å². The second-order valence-electron chi connectivity index (χ2n) is 3.13. The lowest BCUT2D eigenvalue weighted by atomic mass is 10.4. The lowest BCUT2D eigenvalue weighted by molar-refractivity contribution is 0.301. The minimum Gasteiger partial charge on any atom is -0.395 e. The molecule has 0 bridgehead atoms. The van der Waals surface area contributed by atoms with E-state index in [0.717, 1.165) is 23.8 Å². The van der Waals surface area contributed by atoms with Crippen LogP contribution in [-0.4, -0.2) is 41.0 Å². The summed E-state index contributed by atoms with van der Waals surface area (Å²) in [5, 5.41) is 9.92.